The van der Waals surface area contributed by atoms with Crippen LogP contribution in [-0.2, 0) is 0 Å². The SMILES string of the molecule is c1ccc(-c2cccc(-c3ccc(C(c4ccc(-c5cccc(-c6ccccc6)c5)cc4)c4ccc(-c5ccc6c(c5)oc5c7ccccc7ccc65)cc4)cc3)c2)cc1. The van der Waals surface area contributed by atoms with E-state index in [4.69, 9.17) is 4.42 Å². The maximum atomic E-state index is 6.55. The van der Waals surface area contributed by atoms with Crippen molar-refractivity contribution < 1.29 is 4.42 Å². The van der Waals surface area contributed by atoms with Gasteiger partial charge < -0.3 is 4.42 Å². The summed E-state index contributed by atoms with van der Waals surface area (Å²) >= 11 is 0. The third-order valence-corrected chi connectivity index (χ3v) is 12.0. The highest BCUT2D eigenvalue weighted by Crippen LogP contribution is 2.39. The van der Waals surface area contributed by atoms with Crippen molar-refractivity contribution in [3.8, 4) is 55.6 Å². The molecule has 60 heavy (non-hydrogen) atoms. The van der Waals surface area contributed by atoms with Gasteiger partial charge in [0.15, 0.2) is 0 Å². The quantitative estimate of drug-likeness (QED) is 0.140. The second kappa shape index (κ2) is 15.2. The highest BCUT2D eigenvalue weighted by molar-refractivity contribution is 6.15. The first-order valence-corrected chi connectivity index (χ1v) is 20.7. The number of rotatable bonds is 8. The minimum Gasteiger partial charge on any atom is -0.455 e. The summed E-state index contributed by atoms with van der Waals surface area (Å²) in [5.41, 5.74) is 17.6. The Morgan fingerprint density at radius 1 is 0.250 bits per heavy atom. The van der Waals surface area contributed by atoms with Crippen LogP contribution < -0.4 is 0 Å². The highest BCUT2D eigenvalue weighted by atomic mass is 16.3. The Hall–Kier alpha value is -7.74. The molecule has 0 spiro atoms. The topological polar surface area (TPSA) is 13.1 Å². The molecule has 11 rings (SSSR count). The molecule has 1 heterocycles. The highest BCUT2D eigenvalue weighted by Gasteiger charge is 2.19. The largest absolute Gasteiger partial charge is 0.455 e. The molecule has 1 aromatic heterocycles. The van der Waals surface area contributed by atoms with Gasteiger partial charge in [-0.3, -0.25) is 0 Å². The molecule has 0 radical (unpaired) electrons. The second-order valence-corrected chi connectivity index (χ2v) is 15.7. The summed E-state index contributed by atoms with van der Waals surface area (Å²) in [6.07, 6.45) is 0. The van der Waals surface area contributed by atoms with Crippen molar-refractivity contribution in [2.24, 2.45) is 0 Å². The summed E-state index contributed by atoms with van der Waals surface area (Å²) in [7, 11) is 0. The van der Waals surface area contributed by atoms with Gasteiger partial charge in [-0.05, 0) is 108 Å². The Kier molecular flexibility index (Phi) is 8.98. The third kappa shape index (κ3) is 6.67. The van der Waals surface area contributed by atoms with Gasteiger partial charge in [0, 0.05) is 22.1 Å². The second-order valence-electron chi connectivity index (χ2n) is 15.7. The van der Waals surface area contributed by atoms with Crippen molar-refractivity contribution in [1.29, 1.82) is 0 Å². The molecule has 282 valence electrons. The molecule has 0 aliphatic heterocycles. The van der Waals surface area contributed by atoms with Crippen LogP contribution in [0.3, 0.4) is 0 Å². The van der Waals surface area contributed by atoms with Crippen molar-refractivity contribution in [2.45, 2.75) is 5.92 Å². The van der Waals surface area contributed by atoms with E-state index < -0.39 is 0 Å². The van der Waals surface area contributed by atoms with Crippen molar-refractivity contribution in [2.75, 3.05) is 0 Å². The first kappa shape index (κ1) is 35.4. The van der Waals surface area contributed by atoms with Crippen molar-refractivity contribution >= 4 is 32.7 Å². The lowest BCUT2D eigenvalue weighted by Gasteiger charge is -2.20. The van der Waals surface area contributed by atoms with Crippen LogP contribution in [0.5, 0.6) is 0 Å². The minimum atomic E-state index is 0.0413. The number of fused-ring (bicyclic) bond motifs is 5. The van der Waals surface area contributed by atoms with E-state index in [9.17, 15) is 0 Å². The number of hydrogen-bond donors (Lipinski definition) is 0. The lowest BCUT2D eigenvalue weighted by atomic mass is 9.83. The van der Waals surface area contributed by atoms with E-state index in [1.165, 1.54) is 66.6 Å². The van der Waals surface area contributed by atoms with Gasteiger partial charge in [-0.1, -0.05) is 206 Å². The van der Waals surface area contributed by atoms with Crippen LogP contribution in [-0.4, -0.2) is 0 Å². The number of hydrogen-bond acceptors (Lipinski definition) is 1. The summed E-state index contributed by atoms with van der Waals surface area (Å²) in [6, 6.07) is 85.7. The van der Waals surface area contributed by atoms with E-state index in [1.54, 1.807) is 0 Å². The molecule has 0 fully saturated rings. The molecule has 0 saturated carbocycles. The van der Waals surface area contributed by atoms with Crippen LogP contribution in [0.1, 0.15) is 22.6 Å². The molecule has 1 nitrogen and oxygen atoms in total. The fraction of sp³-hybridized carbons (Fsp3) is 0.0169. The Morgan fingerprint density at radius 2 is 0.633 bits per heavy atom. The summed E-state index contributed by atoms with van der Waals surface area (Å²) in [5.74, 6) is 0.0413. The summed E-state index contributed by atoms with van der Waals surface area (Å²) in [6.45, 7) is 0. The Labute approximate surface area is 350 Å². The fourth-order valence-electron chi connectivity index (χ4n) is 8.88. The minimum absolute atomic E-state index is 0.0413. The molecular formula is C59H40O. The molecule has 11 aromatic rings. The van der Waals surface area contributed by atoms with Gasteiger partial charge >= 0.3 is 0 Å². The standard InChI is InChI=1S/C59H40O/c1-3-11-40(12-4-1)49-16-9-18-51(37-49)42-21-27-46(28-22-42)58(47-29-23-43(24-30-47)52-19-10-17-50(38-52)41-13-5-2-6-14-41)48-31-25-44(26-32-48)53-34-35-55-56-36-33-45-15-7-8-20-54(45)59(56)60-57(55)39-53/h1-39,58H. The van der Waals surface area contributed by atoms with E-state index in [2.05, 4.69) is 237 Å². The van der Waals surface area contributed by atoms with Crippen LogP contribution in [0.4, 0.5) is 0 Å². The van der Waals surface area contributed by atoms with Crippen LogP contribution in [0.2, 0.25) is 0 Å². The van der Waals surface area contributed by atoms with Crippen LogP contribution in [0.25, 0.3) is 88.3 Å². The molecule has 0 bridgehead atoms. The Bertz CT molecular complexity index is 3140. The van der Waals surface area contributed by atoms with Crippen LogP contribution >= 0.6 is 0 Å². The molecule has 0 saturated heterocycles. The maximum absolute atomic E-state index is 6.55. The van der Waals surface area contributed by atoms with Gasteiger partial charge in [0.25, 0.3) is 0 Å². The third-order valence-electron chi connectivity index (χ3n) is 12.0. The van der Waals surface area contributed by atoms with E-state index in [1.807, 2.05) is 0 Å². The number of benzene rings is 10. The normalized spacial score (nSPS) is 11.5. The predicted octanol–water partition coefficient (Wildman–Crippen LogP) is 16.3. The Balaban J connectivity index is 0.947. The molecule has 1 heteroatoms. The lowest BCUT2D eigenvalue weighted by molar-refractivity contribution is 0.673. The maximum Gasteiger partial charge on any atom is 0.143 e. The van der Waals surface area contributed by atoms with Gasteiger partial charge in [-0.15, -0.1) is 0 Å². The summed E-state index contributed by atoms with van der Waals surface area (Å²) in [5, 5.41) is 4.62. The fourth-order valence-corrected chi connectivity index (χ4v) is 8.88. The van der Waals surface area contributed by atoms with Gasteiger partial charge in [0.1, 0.15) is 11.2 Å². The molecule has 0 aliphatic carbocycles. The molecule has 0 amide bonds. The zero-order chi connectivity index (χ0) is 39.8. The smallest absolute Gasteiger partial charge is 0.143 e. The molecule has 0 aliphatic rings. The average molecular weight is 765 g/mol. The first-order chi connectivity index (χ1) is 29.7. The van der Waals surface area contributed by atoms with Crippen LogP contribution in [0.15, 0.2) is 241 Å². The van der Waals surface area contributed by atoms with Gasteiger partial charge in [0.05, 0.1) is 0 Å². The first-order valence-electron chi connectivity index (χ1n) is 20.7. The number of furan rings is 1. The monoisotopic (exact) mass is 764 g/mol. The zero-order valence-corrected chi connectivity index (χ0v) is 33.0. The zero-order valence-electron chi connectivity index (χ0n) is 33.0. The molecule has 10 aromatic carbocycles. The van der Waals surface area contributed by atoms with E-state index in [0.29, 0.717) is 0 Å². The molecule has 0 atom stereocenters. The Morgan fingerprint density at radius 3 is 1.13 bits per heavy atom. The van der Waals surface area contributed by atoms with Gasteiger partial charge in [-0.2, -0.15) is 0 Å². The summed E-state index contributed by atoms with van der Waals surface area (Å²) < 4.78 is 6.55. The molecule has 0 unspecified atom stereocenters. The lowest BCUT2D eigenvalue weighted by Crippen LogP contribution is -2.03. The molecular weight excluding hydrogens is 725 g/mol. The van der Waals surface area contributed by atoms with E-state index in [-0.39, 0.29) is 5.92 Å². The van der Waals surface area contributed by atoms with E-state index >= 15 is 0 Å². The van der Waals surface area contributed by atoms with Gasteiger partial charge in [-0.25, -0.2) is 0 Å². The van der Waals surface area contributed by atoms with Crippen molar-refractivity contribution in [1.82, 2.24) is 0 Å². The van der Waals surface area contributed by atoms with Gasteiger partial charge in [0.2, 0.25) is 0 Å². The summed E-state index contributed by atoms with van der Waals surface area (Å²) in [4.78, 5) is 0. The predicted molar refractivity (Wildman–Crippen MR) is 252 cm³/mol. The van der Waals surface area contributed by atoms with Crippen LogP contribution in [0, 0.1) is 0 Å². The average Bonchev–Trinajstić information content (AvgIpc) is 3.72. The van der Waals surface area contributed by atoms with Crippen molar-refractivity contribution in [3.05, 3.63) is 253 Å². The van der Waals surface area contributed by atoms with E-state index in [0.717, 1.165) is 38.5 Å². The van der Waals surface area contributed by atoms with Crippen molar-refractivity contribution in [3.63, 3.8) is 0 Å². The molecule has 0 N–H and O–H groups in total.